The lowest BCUT2D eigenvalue weighted by Crippen LogP contribution is -2.58. The summed E-state index contributed by atoms with van der Waals surface area (Å²) in [6, 6.07) is 28.2. The van der Waals surface area contributed by atoms with Crippen LogP contribution >= 0.6 is 0 Å². The van der Waals surface area contributed by atoms with Gasteiger partial charge in [-0.25, -0.2) is 0 Å². The molecule has 1 heterocycles. The summed E-state index contributed by atoms with van der Waals surface area (Å²) in [5, 5.41) is 10.1. The Morgan fingerprint density at radius 3 is 2.47 bits per heavy atom. The molecular weight excluding hydrogens is 392 g/mol. The van der Waals surface area contributed by atoms with E-state index in [-0.39, 0.29) is 5.41 Å². The van der Waals surface area contributed by atoms with Crippen LogP contribution in [0.25, 0.3) is 0 Å². The standard InChI is InChI=1S/C29H34N2O/c1-22-28-19-24-13-14-26(32)20-27(24)29(22,2)15-16-30(28)17-18-31(25-11-7-4-8-12-25)21-23-9-5-3-6-10-23/h3-14,20,22,28,32H,15-19,21H2,1-2H3/t22-,28+,29+/m0/s1. The second-order valence-electron chi connectivity index (χ2n) is 9.85. The fourth-order valence-corrected chi connectivity index (χ4v) is 5.96. The molecule has 5 rings (SSSR count). The van der Waals surface area contributed by atoms with Crippen LogP contribution in [0, 0.1) is 5.92 Å². The van der Waals surface area contributed by atoms with Crippen molar-refractivity contribution in [2.75, 3.05) is 24.5 Å². The van der Waals surface area contributed by atoms with Gasteiger partial charge in [0.15, 0.2) is 0 Å². The highest BCUT2D eigenvalue weighted by Gasteiger charge is 2.48. The van der Waals surface area contributed by atoms with Crippen LogP contribution in [-0.2, 0) is 18.4 Å². The Balaban J connectivity index is 1.35. The molecule has 1 aliphatic heterocycles. The molecule has 1 saturated heterocycles. The number of phenolic OH excluding ortho intramolecular Hbond substituents is 1. The third kappa shape index (κ3) is 3.91. The minimum absolute atomic E-state index is 0.149. The van der Waals surface area contributed by atoms with Crippen LogP contribution < -0.4 is 4.90 Å². The average molecular weight is 427 g/mol. The molecule has 2 bridgehead atoms. The highest BCUT2D eigenvalue weighted by Crippen LogP contribution is 2.49. The van der Waals surface area contributed by atoms with E-state index in [1.54, 1.807) is 0 Å². The van der Waals surface area contributed by atoms with Gasteiger partial charge >= 0.3 is 0 Å². The minimum atomic E-state index is 0.149. The smallest absolute Gasteiger partial charge is 0.115 e. The van der Waals surface area contributed by atoms with Crippen molar-refractivity contribution in [3.63, 3.8) is 0 Å². The highest BCUT2D eigenvalue weighted by molar-refractivity contribution is 5.47. The quantitative estimate of drug-likeness (QED) is 0.554. The van der Waals surface area contributed by atoms with Crippen LogP contribution in [0.1, 0.15) is 37.0 Å². The van der Waals surface area contributed by atoms with Crippen molar-refractivity contribution in [3.05, 3.63) is 95.6 Å². The molecule has 166 valence electrons. The lowest BCUT2D eigenvalue weighted by molar-refractivity contribution is 0.0332. The number of hydrogen-bond donors (Lipinski definition) is 1. The number of phenols is 1. The van der Waals surface area contributed by atoms with E-state index >= 15 is 0 Å². The maximum absolute atomic E-state index is 10.1. The molecule has 1 fully saturated rings. The molecule has 2 aliphatic rings. The SMILES string of the molecule is C[C@H]1[C@H]2Cc3ccc(O)cc3[C@]1(C)CCN2CCN(Cc1ccccc1)c1ccccc1. The zero-order valence-corrected chi connectivity index (χ0v) is 19.2. The summed E-state index contributed by atoms with van der Waals surface area (Å²) < 4.78 is 0. The van der Waals surface area contributed by atoms with Crippen LogP contribution in [0.15, 0.2) is 78.9 Å². The predicted octanol–water partition coefficient (Wildman–Crippen LogP) is 5.62. The number of rotatable bonds is 6. The summed E-state index contributed by atoms with van der Waals surface area (Å²) >= 11 is 0. The van der Waals surface area contributed by atoms with Crippen LogP contribution in [0.4, 0.5) is 5.69 Å². The van der Waals surface area contributed by atoms with E-state index in [0.717, 1.165) is 39.0 Å². The van der Waals surface area contributed by atoms with Gasteiger partial charge < -0.3 is 10.0 Å². The Labute approximate surface area is 192 Å². The van der Waals surface area contributed by atoms with Gasteiger partial charge in [0.1, 0.15) is 5.75 Å². The Hall–Kier alpha value is -2.78. The van der Waals surface area contributed by atoms with Crippen molar-refractivity contribution >= 4 is 5.69 Å². The van der Waals surface area contributed by atoms with Gasteiger partial charge in [0, 0.05) is 31.4 Å². The van der Waals surface area contributed by atoms with Gasteiger partial charge in [-0.2, -0.15) is 0 Å². The van der Waals surface area contributed by atoms with Gasteiger partial charge in [-0.05, 0) is 71.7 Å². The fraction of sp³-hybridized carbons (Fsp3) is 0.379. The van der Waals surface area contributed by atoms with Crippen molar-refractivity contribution in [1.82, 2.24) is 4.90 Å². The van der Waals surface area contributed by atoms with Gasteiger partial charge in [-0.1, -0.05) is 68.4 Å². The van der Waals surface area contributed by atoms with Crippen molar-refractivity contribution in [1.29, 1.82) is 0 Å². The van der Waals surface area contributed by atoms with Crippen LogP contribution in [0.2, 0.25) is 0 Å². The molecule has 0 spiro atoms. The van der Waals surface area contributed by atoms with E-state index in [2.05, 4.69) is 90.4 Å². The maximum Gasteiger partial charge on any atom is 0.115 e. The first-order valence-corrected chi connectivity index (χ1v) is 11.9. The van der Waals surface area contributed by atoms with E-state index in [1.165, 1.54) is 22.4 Å². The largest absolute Gasteiger partial charge is 0.508 e. The van der Waals surface area contributed by atoms with Gasteiger partial charge in [0.05, 0.1) is 0 Å². The van der Waals surface area contributed by atoms with Crippen molar-refractivity contribution < 1.29 is 5.11 Å². The molecule has 0 saturated carbocycles. The number of anilines is 1. The average Bonchev–Trinajstić information content (AvgIpc) is 2.82. The Morgan fingerprint density at radius 1 is 1.00 bits per heavy atom. The molecule has 0 unspecified atom stereocenters. The van der Waals surface area contributed by atoms with Crippen LogP contribution in [0.3, 0.4) is 0 Å². The Morgan fingerprint density at radius 2 is 1.72 bits per heavy atom. The number of para-hydroxylation sites is 1. The lowest BCUT2D eigenvalue weighted by atomic mass is 9.59. The first-order valence-electron chi connectivity index (χ1n) is 11.9. The number of hydrogen-bond acceptors (Lipinski definition) is 3. The molecule has 3 aromatic rings. The van der Waals surface area contributed by atoms with E-state index in [4.69, 9.17) is 0 Å². The van der Waals surface area contributed by atoms with E-state index in [0.29, 0.717) is 17.7 Å². The minimum Gasteiger partial charge on any atom is -0.508 e. The lowest BCUT2D eigenvalue weighted by Gasteiger charge is -2.55. The third-order valence-corrected chi connectivity index (χ3v) is 8.10. The Kier molecular flexibility index (Phi) is 5.69. The topological polar surface area (TPSA) is 26.7 Å². The predicted molar refractivity (Wildman–Crippen MR) is 132 cm³/mol. The maximum atomic E-state index is 10.1. The zero-order chi connectivity index (χ0) is 22.1. The molecule has 3 nitrogen and oxygen atoms in total. The first-order chi connectivity index (χ1) is 15.5. The van der Waals surface area contributed by atoms with Gasteiger partial charge in [0.25, 0.3) is 0 Å². The van der Waals surface area contributed by atoms with Gasteiger partial charge in [-0.3, -0.25) is 4.90 Å². The van der Waals surface area contributed by atoms with E-state index < -0.39 is 0 Å². The monoisotopic (exact) mass is 426 g/mol. The molecular formula is C29H34N2O. The van der Waals surface area contributed by atoms with Crippen molar-refractivity contribution in [2.45, 2.75) is 44.7 Å². The second-order valence-corrected chi connectivity index (χ2v) is 9.85. The number of nitrogens with zero attached hydrogens (tertiary/aromatic N) is 2. The Bertz CT molecular complexity index is 1050. The molecule has 1 aliphatic carbocycles. The zero-order valence-electron chi connectivity index (χ0n) is 19.2. The number of likely N-dealkylation sites (tertiary alicyclic amines) is 1. The first kappa shape index (κ1) is 21.1. The molecule has 0 amide bonds. The molecule has 32 heavy (non-hydrogen) atoms. The van der Waals surface area contributed by atoms with E-state index in [9.17, 15) is 5.11 Å². The molecule has 0 radical (unpaired) electrons. The summed E-state index contributed by atoms with van der Waals surface area (Å²) in [5.41, 5.74) is 5.58. The van der Waals surface area contributed by atoms with E-state index in [1.807, 2.05) is 12.1 Å². The van der Waals surface area contributed by atoms with Crippen LogP contribution in [0.5, 0.6) is 5.75 Å². The third-order valence-electron chi connectivity index (χ3n) is 8.10. The van der Waals surface area contributed by atoms with Crippen molar-refractivity contribution in [3.8, 4) is 5.75 Å². The summed E-state index contributed by atoms with van der Waals surface area (Å²) in [4.78, 5) is 5.24. The molecule has 1 N–H and O–H groups in total. The molecule has 3 aromatic carbocycles. The van der Waals surface area contributed by atoms with Crippen LogP contribution in [-0.4, -0.2) is 35.7 Å². The number of fused-ring (bicyclic) bond motifs is 4. The highest BCUT2D eigenvalue weighted by atomic mass is 16.3. The number of aromatic hydroxyl groups is 1. The number of piperidine rings is 1. The molecule has 3 atom stereocenters. The van der Waals surface area contributed by atoms with Crippen molar-refractivity contribution in [2.24, 2.45) is 5.92 Å². The molecule has 0 aromatic heterocycles. The van der Waals surface area contributed by atoms with Gasteiger partial charge in [-0.15, -0.1) is 0 Å². The molecule has 3 heteroatoms. The number of benzene rings is 3. The summed E-state index contributed by atoms with van der Waals surface area (Å²) in [5.74, 6) is 0.974. The normalized spacial score (nSPS) is 24.7. The second kappa shape index (κ2) is 8.63. The summed E-state index contributed by atoms with van der Waals surface area (Å²) in [6.45, 7) is 8.96. The summed E-state index contributed by atoms with van der Waals surface area (Å²) in [7, 11) is 0. The summed E-state index contributed by atoms with van der Waals surface area (Å²) in [6.07, 6.45) is 2.22. The fourth-order valence-electron chi connectivity index (χ4n) is 5.96. The van der Waals surface area contributed by atoms with Gasteiger partial charge in [0.2, 0.25) is 0 Å².